The van der Waals surface area contributed by atoms with Gasteiger partial charge in [0.15, 0.2) is 12.0 Å². The van der Waals surface area contributed by atoms with Crippen molar-refractivity contribution < 1.29 is 9.21 Å². The third kappa shape index (κ3) is 3.51. The predicted molar refractivity (Wildman–Crippen MR) is 60.0 cm³/mol. The summed E-state index contributed by atoms with van der Waals surface area (Å²) in [7, 11) is 0. The van der Waals surface area contributed by atoms with Crippen molar-refractivity contribution in [3.63, 3.8) is 0 Å². The highest BCUT2D eigenvalue weighted by Gasteiger charge is 2.13. The maximum atomic E-state index is 10.3. The molecule has 3 nitrogen and oxygen atoms in total. The first-order valence-corrected chi connectivity index (χ1v) is 5.65. The van der Waals surface area contributed by atoms with Crippen molar-refractivity contribution in [2.75, 3.05) is 13.1 Å². The average molecular weight is 209 g/mol. The first-order chi connectivity index (χ1) is 7.38. The van der Waals surface area contributed by atoms with Crippen LogP contribution in [0.15, 0.2) is 16.5 Å². The number of carbonyl (C=O) groups excluding carboxylic acids is 1. The Hall–Kier alpha value is -1.09. The van der Waals surface area contributed by atoms with Gasteiger partial charge < -0.3 is 4.42 Å². The SMILES string of the molecule is CC.O=Cc1ccc(CN2CCCC2)o1. The molecule has 3 heteroatoms. The topological polar surface area (TPSA) is 33.5 Å². The van der Waals surface area contributed by atoms with E-state index in [1.54, 1.807) is 6.07 Å². The molecule has 1 aliphatic rings. The van der Waals surface area contributed by atoms with Crippen molar-refractivity contribution in [3.8, 4) is 0 Å². The first kappa shape index (κ1) is 12.0. The van der Waals surface area contributed by atoms with Crippen LogP contribution in [0, 0.1) is 0 Å². The molecule has 2 rings (SSSR count). The van der Waals surface area contributed by atoms with Crippen molar-refractivity contribution in [1.82, 2.24) is 4.90 Å². The van der Waals surface area contributed by atoms with Gasteiger partial charge in [0.25, 0.3) is 0 Å². The fourth-order valence-corrected chi connectivity index (χ4v) is 1.70. The van der Waals surface area contributed by atoms with Crippen molar-refractivity contribution in [2.24, 2.45) is 0 Å². The number of nitrogens with zero attached hydrogens (tertiary/aromatic N) is 1. The zero-order valence-electron chi connectivity index (χ0n) is 9.53. The Labute approximate surface area is 91.1 Å². The number of likely N-dealkylation sites (tertiary alicyclic amines) is 1. The summed E-state index contributed by atoms with van der Waals surface area (Å²) in [6, 6.07) is 3.60. The zero-order valence-corrected chi connectivity index (χ0v) is 9.53. The van der Waals surface area contributed by atoms with E-state index in [9.17, 15) is 4.79 Å². The standard InChI is InChI=1S/C10H13NO2.C2H6/c12-8-10-4-3-9(13-10)7-11-5-1-2-6-11;1-2/h3-4,8H,1-2,5-7H2;1-2H3. The predicted octanol–water partition coefficient (Wildman–Crippen LogP) is 2.71. The molecule has 15 heavy (non-hydrogen) atoms. The van der Waals surface area contributed by atoms with Gasteiger partial charge in [-0.1, -0.05) is 13.8 Å². The van der Waals surface area contributed by atoms with E-state index in [-0.39, 0.29) is 0 Å². The Morgan fingerprint density at radius 3 is 2.53 bits per heavy atom. The Morgan fingerprint density at radius 2 is 2.00 bits per heavy atom. The van der Waals surface area contributed by atoms with Gasteiger partial charge in [0.1, 0.15) is 5.76 Å². The van der Waals surface area contributed by atoms with Gasteiger partial charge in [-0.3, -0.25) is 9.69 Å². The van der Waals surface area contributed by atoms with E-state index in [1.165, 1.54) is 12.8 Å². The lowest BCUT2D eigenvalue weighted by Crippen LogP contribution is -2.17. The average Bonchev–Trinajstić information content (AvgIpc) is 2.93. The van der Waals surface area contributed by atoms with Crippen LogP contribution in [0.5, 0.6) is 0 Å². The van der Waals surface area contributed by atoms with Crippen molar-refractivity contribution in [2.45, 2.75) is 33.2 Å². The summed E-state index contributed by atoms with van der Waals surface area (Å²) in [6.07, 6.45) is 3.30. The lowest BCUT2D eigenvalue weighted by Gasteiger charge is -2.11. The Bertz CT molecular complexity index is 288. The summed E-state index contributed by atoms with van der Waals surface area (Å²) in [5, 5.41) is 0. The molecule has 1 aromatic heterocycles. The lowest BCUT2D eigenvalue weighted by molar-refractivity contribution is 0.109. The van der Waals surface area contributed by atoms with Crippen LogP contribution in [0.3, 0.4) is 0 Å². The molecule has 0 amide bonds. The Morgan fingerprint density at radius 1 is 1.33 bits per heavy atom. The second-order valence-electron chi connectivity index (χ2n) is 3.41. The van der Waals surface area contributed by atoms with Crippen LogP contribution < -0.4 is 0 Å². The number of aldehydes is 1. The molecular formula is C12H19NO2. The quantitative estimate of drug-likeness (QED) is 0.718. The fourth-order valence-electron chi connectivity index (χ4n) is 1.70. The molecule has 0 aromatic carbocycles. The highest BCUT2D eigenvalue weighted by atomic mass is 16.3. The van der Waals surface area contributed by atoms with Crippen molar-refractivity contribution in [1.29, 1.82) is 0 Å². The lowest BCUT2D eigenvalue weighted by atomic mass is 10.4. The van der Waals surface area contributed by atoms with Crippen LogP contribution in [0.4, 0.5) is 0 Å². The van der Waals surface area contributed by atoms with E-state index >= 15 is 0 Å². The number of hydrogen-bond acceptors (Lipinski definition) is 3. The van der Waals surface area contributed by atoms with Gasteiger partial charge in [-0.15, -0.1) is 0 Å². The number of rotatable bonds is 3. The molecule has 0 atom stereocenters. The van der Waals surface area contributed by atoms with E-state index in [0.29, 0.717) is 5.76 Å². The molecular weight excluding hydrogens is 190 g/mol. The van der Waals surface area contributed by atoms with Gasteiger partial charge in [0.05, 0.1) is 6.54 Å². The fraction of sp³-hybridized carbons (Fsp3) is 0.583. The van der Waals surface area contributed by atoms with Crippen LogP contribution >= 0.6 is 0 Å². The third-order valence-electron chi connectivity index (χ3n) is 2.38. The molecule has 1 aliphatic heterocycles. The molecule has 0 N–H and O–H groups in total. The van der Waals surface area contributed by atoms with Gasteiger partial charge in [-0.05, 0) is 38.1 Å². The molecule has 1 fully saturated rings. The normalized spacial score (nSPS) is 15.9. The maximum absolute atomic E-state index is 10.3. The van der Waals surface area contributed by atoms with Gasteiger partial charge in [-0.25, -0.2) is 0 Å². The minimum atomic E-state index is 0.425. The molecule has 0 radical (unpaired) electrons. The molecule has 0 unspecified atom stereocenters. The largest absolute Gasteiger partial charge is 0.457 e. The molecule has 0 saturated carbocycles. The molecule has 0 spiro atoms. The minimum absolute atomic E-state index is 0.425. The smallest absolute Gasteiger partial charge is 0.185 e. The minimum Gasteiger partial charge on any atom is -0.457 e. The first-order valence-electron chi connectivity index (χ1n) is 5.65. The third-order valence-corrected chi connectivity index (χ3v) is 2.38. The number of carbonyl (C=O) groups is 1. The second-order valence-corrected chi connectivity index (χ2v) is 3.41. The maximum Gasteiger partial charge on any atom is 0.185 e. The molecule has 84 valence electrons. The van der Waals surface area contributed by atoms with Crippen LogP contribution in [-0.2, 0) is 6.54 Å². The van der Waals surface area contributed by atoms with Gasteiger partial charge in [0, 0.05) is 0 Å². The molecule has 0 aliphatic carbocycles. The Balaban J connectivity index is 0.000000531. The van der Waals surface area contributed by atoms with E-state index in [4.69, 9.17) is 4.42 Å². The number of hydrogen-bond donors (Lipinski definition) is 0. The summed E-state index contributed by atoms with van der Waals surface area (Å²) >= 11 is 0. The van der Waals surface area contributed by atoms with Gasteiger partial charge in [0.2, 0.25) is 0 Å². The van der Waals surface area contributed by atoms with Crippen LogP contribution in [0.1, 0.15) is 43.0 Å². The molecule has 1 aromatic rings. The van der Waals surface area contributed by atoms with E-state index in [2.05, 4.69) is 4.90 Å². The van der Waals surface area contributed by atoms with E-state index < -0.39 is 0 Å². The highest BCUT2D eigenvalue weighted by Crippen LogP contribution is 2.14. The molecule has 0 bridgehead atoms. The van der Waals surface area contributed by atoms with Crippen LogP contribution in [-0.4, -0.2) is 24.3 Å². The summed E-state index contributed by atoms with van der Waals surface area (Å²) in [6.45, 7) is 7.14. The monoisotopic (exact) mass is 209 g/mol. The second kappa shape index (κ2) is 6.40. The van der Waals surface area contributed by atoms with Crippen LogP contribution in [0.25, 0.3) is 0 Å². The number of furan rings is 1. The van der Waals surface area contributed by atoms with E-state index in [0.717, 1.165) is 31.7 Å². The zero-order chi connectivity index (χ0) is 11.1. The molecule has 1 saturated heterocycles. The van der Waals surface area contributed by atoms with Gasteiger partial charge >= 0.3 is 0 Å². The summed E-state index contributed by atoms with van der Waals surface area (Å²) in [5.74, 6) is 1.32. The van der Waals surface area contributed by atoms with Crippen molar-refractivity contribution >= 4 is 6.29 Å². The van der Waals surface area contributed by atoms with E-state index in [1.807, 2.05) is 19.9 Å². The Kier molecular flexibility index (Phi) is 5.12. The highest BCUT2D eigenvalue weighted by molar-refractivity contribution is 5.70. The summed E-state index contributed by atoms with van der Waals surface area (Å²) in [4.78, 5) is 12.7. The molecule has 2 heterocycles. The van der Waals surface area contributed by atoms with Crippen molar-refractivity contribution in [3.05, 3.63) is 23.7 Å². The summed E-state index contributed by atoms with van der Waals surface area (Å²) in [5.41, 5.74) is 0. The van der Waals surface area contributed by atoms with Gasteiger partial charge in [-0.2, -0.15) is 0 Å². The van der Waals surface area contributed by atoms with Crippen LogP contribution in [0.2, 0.25) is 0 Å². The summed E-state index contributed by atoms with van der Waals surface area (Å²) < 4.78 is 5.28.